The Morgan fingerprint density at radius 3 is 2.93 bits per heavy atom. The zero-order valence-corrected chi connectivity index (χ0v) is 15.1. The van der Waals surface area contributed by atoms with Gasteiger partial charge < -0.3 is 10.6 Å². The predicted molar refractivity (Wildman–Crippen MR) is 101 cm³/mol. The lowest BCUT2D eigenvalue weighted by molar-refractivity contribution is 0.160. The van der Waals surface area contributed by atoms with Gasteiger partial charge in [0.15, 0.2) is 0 Å². The summed E-state index contributed by atoms with van der Waals surface area (Å²) in [5.41, 5.74) is 5.01. The number of fused-ring (bicyclic) bond motifs is 5. The van der Waals surface area contributed by atoms with E-state index in [1.54, 1.807) is 6.20 Å². The van der Waals surface area contributed by atoms with Crippen molar-refractivity contribution < 1.29 is 4.63 Å². The molecule has 3 N–H and O–H groups in total. The van der Waals surface area contributed by atoms with Gasteiger partial charge in [0.1, 0.15) is 16.9 Å². The Kier molecular flexibility index (Phi) is 3.34. The lowest BCUT2D eigenvalue weighted by Gasteiger charge is -2.45. The van der Waals surface area contributed by atoms with Crippen molar-refractivity contribution in [3.8, 4) is 6.07 Å². The lowest BCUT2D eigenvalue weighted by atomic mass is 9.70. The van der Waals surface area contributed by atoms with Crippen molar-refractivity contribution in [2.24, 2.45) is 11.8 Å². The molecule has 0 amide bonds. The summed E-state index contributed by atoms with van der Waals surface area (Å²) in [6.45, 7) is 1.08. The maximum atomic E-state index is 10.2. The smallest absolute Gasteiger partial charge is 0.139 e. The van der Waals surface area contributed by atoms with E-state index in [1.165, 1.54) is 6.42 Å². The molecule has 140 valence electrons. The number of anilines is 1. The van der Waals surface area contributed by atoms with Gasteiger partial charge in [-0.2, -0.15) is 10.4 Å². The van der Waals surface area contributed by atoms with Crippen LogP contribution < -0.4 is 10.6 Å². The molecule has 4 unspecified atom stereocenters. The van der Waals surface area contributed by atoms with Crippen LogP contribution in [0.15, 0.2) is 40.3 Å². The SMILES string of the molecule is N#CC1=C(C2CC3CCC2NC3)Nc2[nH]ncc2C1c1cccc2nonc12. The molecule has 28 heavy (non-hydrogen) atoms. The van der Waals surface area contributed by atoms with E-state index in [9.17, 15) is 5.26 Å². The first-order valence-electron chi connectivity index (χ1n) is 9.72. The highest BCUT2D eigenvalue weighted by atomic mass is 16.6. The molecule has 1 aliphatic carbocycles. The van der Waals surface area contributed by atoms with Crippen LogP contribution in [0.4, 0.5) is 5.82 Å². The average Bonchev–Trinajstić information content (AvgIpc) is 3.42. The predicted octanol–water partition coefficient (Wildman–Crippen LogP) is 2.67. The highest BCUT2D eigenvalue weighted by molar-refractivity contribution is 5.80. The normalized spacial score (nSPS) is 28.8. The van der Waals surface area contributed by atoms with E-state index < -0.39 is 0 Å². The van der Waals surface area contributed by atoms with E-state index in [0.29, 0.717) is 28.9 Å². The summed E-state index contributed by atoms with van der Waals surface area (Å²) in [5.74, 6) is 1.59. The quantitative estimate of drug-likeness (QED) is 0.632. The molecule has 3 fully saturated rings. The fourth-order valence-electron chi connectivity index (χ4n) is 5.25. The van der Waals surface area contributed by atoms with Crippen LogP contribution >= 0.6 is 0 Å². The standard InChI is InChI=1S/C20H19N7O/c21-7-13-17(11-2-1-3-16-19(11)27-28-26-16)14-9-23-25-20(14)24-18(13)12-6-10-4-5-15(12)22-8-10/h1-3,9-10,12,15,17,22H,4-6,8H2,(H2,23,24,25). The maximum absolute atomic E-state index is 10.2. The van der Waals surface area contributed by atoms with Gasteiger partial charge in [-0.15, -0.1) is 0 Å². The van der Waals surface area contributed by atoms with E-state index in [0.717, 1.165) is 47.6 Å². The molecule has 4 aliphatic rings. The highest BCUT2D eigenvalue weighted by Gasteiger charge is 2.42. The van der Waals surface area contributed by atoms with Gasteiger partial charge in [-0.3, -0.25) is 5.10 Å². The third-order valence-electron chi connectivity index (χ3n) is 6.57. The van der Waals surface area contributed by atoms with Crippen molar-refractivity contribution in [3.05, 3.63) is 46.8 Å². The minimum atomic E-state index is -0.244. The number of aromatic nitrogens is 4. The summed E-state index contributed by atoms with van der Waals surface area (Å²) in [6.07, 6.45) is 5.32. The summed E-state index contributed by atoms with van der Waals surface area (Å²) < 4.78 is 4.97. The fourth-order valence-corrected chi connectivity index (χ4v) is 5.25. The van der Waals surface area contributed by atoms with Crippen molar-refractivity contribution in [2.75, 3.05) is 11.9 Å². The molecule has 8 heteroatoms. The van der Waals surface area contributed by atoms with Crippen LogP contribution in [0, 0.1) is 23.2 Å². The third kappa shape index (κ3) is 2.17. The molecule has 0 spiro atoms. The van der Waals surface area contributed by atoms with Crippen LogP contribution in [0.1, 0.15) is 36.3 Å². The zero-order chi connectivity index (χ0) is 18.7. The number of rotatable bonds is 2. The summed E-state index contributed by atoms with van der Waals surface area (Å²) in [6, 6.07) is 8.72. The molecule has 8 nitrogen and oxygen atoms in total. The largest absolute Gasteiger partial charge is 0.343 e. The number of hydrogen-bond donors (Lipinski definition) is 3. The van der Waals surface area contributed by atoms with Gasteiger partial charge in [0.25, 0.3) is 0 Å². The molecule has 2 aromatic heterocycles. The summed E-state index contributed by atoms with van der Waals surface area (Å²) >= 11 is 0. The highest BCUT2D eigenvalue weighted by Crippen LogP contribution is 2.47. The number of nitriles is 1. The van der Waals surface area contributed by atoms with Crippen molar-refractivity contribution in [1.82, 2.24) is 25.8 Å². The fraction of sp³-hybridized carbons (Fsp3) is 0.400. The lowest BCUT2D eigenvalue weighted by Crippen LogP contribution is -2.52. The van der Waals surface area contributed by atoms with E-state index >= 15 is 0 Å². The first kappa shape index (κ1) is 15.8. The molecule has 4 atom stereocenters. The van der Waals surface area contributed by atoms with Crippen molar-refractivity contribution in [1.29, 1.82) is 5.26 Å². The number of H-pyrrole nitrogens is 1. The van der Waals surface area contributed by atoms with Crippen LogP contribution in [-0.4, -0.2) is 33.1 Å². The molecule has 5 heterocycles. The van der Waals surface area contributed by atoms with Crippen LogP contribution in [0.25, 0.3) is 11.0 Å². The molecular formula is C20H19N7O. The molecule has 0 radical (unpaired) electrons. The molecule has 1 saturated carbocycles. The minimum Gasteiger partial charge on any atom is -0.343 e. The van der Waals surface area contributed by atoms with E-state index in [2.05, 4.69) is 37.2 Å². The molecule has 3 aliphatic heterocycles. The Labute approximate surface area is 161 Å². The number of benzene rings is 1. The Balaban J connectivity index is 1.55. The van der Waals surface area contributed by atoms with Crippen LogP contribution in [-0.2, 0) is 0 Å². The van der Waals surface area contributed by atoms with Crippen LogP contribution in [0.3, 0.4) is 0 Å². The number of hydrogen-bond acceptors (Lipinski definition) is 7. The number of nitrogens with zero attached hydrogens (tertiary/aromatic N) is 4. The van der Waals surface area contributed by atoms with Gasteiger partial charge >= 0.3 is 0 Å². The third-order valence-corrected chi connectivity index (χ3v) is 6.57. The Hall–Kier alpha value is -3.18. The van der Waals surface area contributed by atoms with Crippen LogP contribution in [0.2, 0.25) is 0 Å². The Bertz CT molecular complexity index is 1130. The van der Waals surface area contributed by atoms with Crippen LogP contribution in [0.5, 0.6) is 0 Å². The van der Waals surface area contributed by atoms with Gasteiger partial charge in [-0.25, -0.2) is 4.63 Å². The molecule has 2 bridgehead atoms. The topological polar surface area (TPSA) is 115 Å². The van der Waals surface area contributed by atoms with Gasteiger partial charge in [0.05, 0.1) is 23.8 Å². The molecule has 3 aromatic rings. The monoisotopic (exact) mass is 373 g/mol. The number of allylic oxidation sites excluding steroid dienone is 1. The van der Waals surface area contributed by atoms with Crippen molar-refractivity contribution in [2.45, 2.75) is 31.2 Å². The van der Waals surface area contributed by atoms with Gasteiger partial charge in [-0.1, -0.05) is 12.1 Å². The van der Waals surface area contributed by atoms with Gasteiger partial charge in [0, 0.05) is 23.2 Å². The molecular weight excluding hydrogens is 354 g/mol. The molecule has 2 saturated heterocycles. The van der Waals surface area contributed by atoms with E-state index in [4.69, 9.17) is 4.63 Å². The van der Waals surface area contributed by atoms with Gasteiger partial charge in [0.2, 0.25) is 0 Å². The second-order valence-corrected chi connectivity index (χ2v) is 7.98. The van der Waals surface area contributed by atoms with E-state index in [-0.39, 0.29) is 5.92 Å². The first-order valence-corrected chi connectivity index (χ1v) is 9.72. The van der Waals surface area contributed by atoms with Crippen molar-refractivity contribution >= 4 is 16.9 Å². The number of aromatic amines is 1. The first-order chi connectivity index (χ1) is 13.8. The molecule has 7 rings (SSSR count). The van der Waals surface area contributed by atoms with Gasteiger partial charge in [-0.05, 0) is 53.7 Å². The molecule has 1 aromatic carbocycles. The van der Waals surface area contributed by atoms with E-state index in [1.807, 2.05) is 18.2 Å². The second-order valence-electron chi connectivity index (χ2n) is 7.98. The summed E-state index contributed by atoms with van der Waals surface area (Å²) in [5, 5.41) is 32.8. The Morgan fingerprint density at radius 2 is 2.14 bits per heavy atom. The second kappa shape index (κ2) is 5.91. The number of nitrogens with one attached hydrogen (secondary N) is 3. The average molecular weight is 373 g/mol. The zero-order valence-electron chi connectivity index (χ0n) is 15.1. The summed E-state index contributed by atoms with van der Waals surface area (Å²) in [4.78, 5) is 0. The summed E-state index contributed by atoms with van der Waals surface area (Å²) in [7, 11) is 0. The maximum Gasteiger partial charge on any atom is 0.139 e. The minimum absolute atomic E-state index is 0.244. The Morgan fingerprint density at radius 1 is 1.18 bits per heavy atom. The number of piperidine rings is 2. The van der Waals surface area contributed by atoms with Crippen molar-refractivity contribution in [3.63, 3.8) is 0 Å².